The molecule has 2 aromatic rings. The van der Waals surface area contributed by atoms with Crippen molar-refractivity contribution in [3.63, 3.8) is 0 Å². The molecular formula is C23H30N2O5. The first-order chi connectivity index (χ1) is 14.3. The van der Waals surface area contributed by atoms with Crippen molar-refractivity contribution in [1.82, 2.24) is 4.90 Å². The van der Waals surface area contributed by atoms with E-state index in [2.05, 4.69) is 5.32 Å². The van der Waals surface area contributed by atoms with Crippen molar-refractivity contribution in [1.29, 1.82) is 0 Å². The monoisotopic (exact) mass is 414 g/mol. The largest absolute Gasteiger partial charge is 0.490 e. The molecule has 0 saturated carbocycles. The summed E-state index contributed by atoms with van der Waals surface area (Å²) in [5.74, 6) is 1.19. The second kappa shape index (κ2) is 11.1. The van der Waals surface area contributed by atoms with Crippen LogP contribution in [0.4, 0.5) is 5.69 Å². The minimum absolute atomic E-state index is 0.0997. The zero-order valence-electron chi connectivity index (χ0n) is 18.2. The number of aryl methyl sites for hydroxylation is 1. The summed E-state index contributed by atoms with van der Waals surface area (Å²) in [5, 5.41) is 2.78. The first-order valence-corrected chi connectivity index (χ1v) is 10.0. The van der Waals surface area contributed by atoms with Gasteiger partial charge in [0, 0.05) is 18.8 Å². The van der Waals surface area contributed by atoms with E-state index < -0.39 is 6.10 Å². The maximum atomic E-state index is 12.6. The quantitative estimate of drug-likeness (QED) is 0.642. The smallest absolute Gasteiger partial charge is 0.263 e. The fourth-order valence-corrected chi connectivity index (χ4v) is 2.88. The van der Waals surface area contributed by atoms with E-state index in [1.807, 2.05) is 39.0 Å². The number of hydrogen-bond donors (Lipinski definition) is 1. The molecule has 7 heteroatoms. The van der Waals surface area contributed by atoms with E-state index >= 15 is 0 Å². The molecule has 0 spiro atoms. The molecule has 2 amide bonds. The van der Waals surface area contributed by atoms with E-state index in [1.165, 1.54) is 4.90 Å². The molecule has 30 heavy (non-hydrogen) atoms. The molecule has 0 aliphatic rings. The molecule has 0 aromatic heterocycles. The number of carbonyl (C=O) groups is 2. The van der Waals surface area contributed by atoms with Gasteiger partial charge in [0.05, 0.1) is 19.8 Å². The second-order valence-electron chi connectivity index (χ2n) is 6.85. The Bertz CT molecular complexity index is 868. The van der Waals surface area contributed by atoms with E-state index in [-0.39, 0.29) is 18.4 Å². The standard InChI is InChI=1S/C23H30N2O5/c1-6-28-20-12-11-18(14-21(20)29-7-2)24-22(26)15-25(5)23(27)17(4)30-19-10-8-9-16(3)13-19/h8-14,17H,6-7,15H2,1-5H3,(H,24,26)/t17-/m1/s1. The Kier molecular flexibility index (Phi) is 8.53. The highest BCUT2D eigenvalue weighted by molar-refractivity contribution is 5.95. The van der Waals surface area contributed by atoms with Crippen molar-refractivity contribution in [2.45, 2.75) is 33.8 Å². The van der Waals surface area contributed by atoms with Crippen molar-refractivity contribution in [2.75, 3.05) is 32.1 Å². The van der Waals surface area contributed by atoms with Crippen molar-refractivity contribution in [2.24, 2.45) is 0 Å². The first kappa shape index (κ1) is 23.1. The zero-order chi connectivity index (χ0) is 22.1. The normalized spacial score (nSPS) is 11.4. The molecule has 0 fully saturated rings. The van der Waals surface area contributed by atoms with Crippen LogP contribution in [0.15, 0.2) is 42.5 Å². The fourth-order valence-electron chi connectivity index (χ4n) is 2.88. The molecule has 0 unspecified atom stereocenters. The lowest BCUT2D eigenvalue weighted by molar-refractivity contribution is -0.139. The van der Waals surface area contributed by atoms with Crippen LogP contribution in [0.3, 0.4) is 0 Å². The summed E-state index contributed by atoms with van der Waals surface area (Å²) in [6.45, 7) is 8.28. The first-order valence-electron chi connectivity index (χ1n) is 10.0. The molecule has 0 bridgehead atoms. The van der Waals surface area contributed by atoms with Crippen molar-refractivity contribution in [3.05, 3.63) is 48.0 Å². The third-order valence-corrected chi connectivity index (χ3v) is 4.23. The molecule has 0 saturated heterocycles. The van der Waals surface area contributed by atoms with Crippen molar-refractivity contribution in [3.8, 4) is 17.2 Å². The fraction of sp³-hybridized carbons (Fsp3) is 0.391. The molecule has 0 heterocycles. The molecule has 1 N–H and O–H groups in total. The highest BCUT2D eigenvalue weighted by atomic mass is 16.5. The highest BCUT2D eigenvalue weighted by Gasteiger charge is 2.21. The summed E-state index contributed by atoms with van der Waals surface area (Å²) in [6.07, 6.45) is -0.709. The molecule has 0 aliphatic carbocycles. The summed E-state index contributed by atoms with van der Waals surface area (Å²) in [4.78, 5) is 26.3. The van der Waals surface area contributed by atoms with E-state index in [0.717, 1.165) is 5.56 Å². The van der Waals surface area contributed by atoms with Crippen LogP contribution < -0.4 is 19.5 Å². The second-order valence-corrected chi connectivity index (χ2v) is 6.85. The lowest BCUT2D eigenvalue weighted by atomic mass is 10.2. The van der Waals surface area contributed by atoms with E-state index in [4.69, 9.17) is 14.2 Å². The Morgan fingerprint density at radius 2 is 1.73 bits per heavy atom. The average molecular weight is 415 g/mol. The van der Waals surface area contributed by atoms with Crippen LogP contribution in [0.5, 0.6) is 17.2 Å². The van der Waals surface area contributed by atoms with Crippen LogP contribution in [0, 0.1) is 6.92 Å². The maximum Gasteiger partial charge on any atom is 0.263 e. The number of hydrogen-bond acceptors (Lipinski definition) is 5. The molecule has 7 nitrogen and oxygen atoms in total. The summed E-state index contributed by atoms with van der Waals surface area (Å²) in [5.41, 5.74) is 1.61. The Morgan fingerprint density at radius 1 is 1.03 bits per heavy atom. The van der Waals surface area contributed by atoms with Gasteiger partial charge in [0.25, 0.3) is 5.91 Å². The van der Waals surface area contributed by atoms with Gasteiger partial charge < -0.3 is 24.4 Å². The number of anilines is 1. The predicted molar refractivity (Wildman–Crippen MR) is 116 cm³/mol. The molecule has 2 rings (SSSR count). The van der Waals surface area contributed by atoms with Gasteiger partial charge in [-0.2, -0.15) is 0 Å². The molecule has 0 aliphatic heterocycles. The van der Waals surface area contributed by atoms with Crippen molar-refractivity contribution >= 4 is 17.5 Å². The third-order valence-electron chi connectivity index (χ3n) is 4.23. The van der Waals surface area contributed by atoms with Gasteiger partial charge in [0.2, 0.25) is 5.91 Å². The molecule has 0 radical (unpaired) electrons. The topological polar surface area (TPSA) is 77.1 Å². The number of rotatable bonds is 10. The van der Waals surface area contributed by atoms with Crippen LogP contribution in [-0.2, 0) is 9.59 Å². The van der Waals surface area contributed by atoms with Crippen LogP contribution in [0.2, 0.25) is 0 Å². The zero-order valence-corrected chi connectivity index (χ0v) is 18.2. The van der Waals surface area contributed by atoms with Crippen LogP contribution in [-0.4, -0.2) is 49.6 Å². The predicted octanol–water partition coefficient (Wildman–Crippen LogP) is 3.66. The van der Waals surface area contributed by atoms with E-state index in [1.54, 1.807) is 38.2 Å². The summed E-state index contributed by atoms with van der Waals surface area (Å²) in [7, 11) is 1.57. The summed E-state index contributed by atoms with van der Waals surface area (Å²) in [6, 6.07) is 12.7. The lowest BCUT2D eigenvalue weighted by Crippen LogP contribution is -2.42. The number of likely N-dealkylation sites (N-methyl/N-ethyl adjacent to an activating group) is 1. The van der Waals surface area contributed by atoms with Gasteiger partial charge in [-0.05, 0) is 57.5 Å². The van der Waals surface area contributed by atoms with E-state index in [9.17, 15) is 9.59 Å². The molecule has 2 aromatic carbocycles. The molecule has 162 valence electrons. The van der Waals surface area contributed by atoms with Gasteiger partial charge >= 0.3 is 0 Å². The SMILES string of the molecule is CCOc1ccc(NC(=O)CN(C)C(=O)[C@@H](C)Oc2cccc(C)c2)cc1OCC. The minimum Gasteiger partial charge on any atom is -0.490 e. The number of amides is 2. The average Bonchev–Trinajstić information content (AvgIpc) is 2.69. The van der Waals surface area contributed by atoms with Gasteiger partial charge in [-0.3, -0.25) is 9.59 Å². The Balaban J connectivity index is 1.94. The number of ether oxygens (including phenoxy) is 3. The number of nitrogens with zero attached hydrogens (tertiary/aromatic N) is 1. The number of carbonyl (C=O) groups excluding carboxylic acids is 2. The van der Waals surface area contributed by atoms with E-state index in [0.29, 0.717) is 36.1 Å². The number of benzene rings is 2. The molecular weight excluding hydrogens is 384 g/mol. The van der Waals surface area contributed by atoms with Crippen LogP contribution in [0.1, 0.15) is 26.3 Å². The Hall–Kier alpha value is -3.22. The lowest BCUT2D eigenvalue weighted by Gasteiger charge is -2.22. The van der Waals surface area contributed by atoms with Gasteiger partial charge in [0.15, 0.2) is 17.6 Å². The maximum absolute atomic E-state index is 12.6. The van der Waals surface area contributed by atoms with Crippen LogP contribution >= 0.6 is 0 Å². The van der Waals surface area contributed by atoms with Gasteiger partial charge in [-0.25, -0.2) is 0 Å². The number of nitrogens with one attached hydrogen (secondary N) is 1. The van der Waals surface area contributed by atoms with Gasteiger partial charge in [-0.15, -0.1) is 0 Å². The minimum atomic E-state index is -0.709. The van der Waals surface area contributed by atoms with Gasteiger partial charge in [-0.1, -0.05) is 12.1 Å². The Morgan fingerprint density at radius 3 is 2.40 bits per heavy atom. The third kappa shape index (κ3) is 6.69. The summed E-state index contributed by atoms with van der Waals surface area (Å²) < 4.78 is 16.8. The molecule has 1 atom stereocenters. The van der Waals surface area contributed by atoms with Gasteiger partial charge in [0.1, 0.15) is 5.75 Å². The Labute approximate surface area is 177 Å². The highest BCUT2D eigenvalue weighted by Crippen LogP contribution is 2.30. The summed E-state index contributed by atoms with van der Waals surface area (Å²) >= 11 is 0. The van der Waals surface area contributed by atoms with Crippen molar-refractivity contribution < 1.29 is 23.8 Å². The van der Waals surface area contributed by atoms with Crippen LogP contribution in [0.25, 0.3) is 0 Å².